The van der Waals surface area contributed by atoms with Crippen LogP contribution in [0.25, 0.3) is 0 Å². The van der Waals surface area contributed by atoms with Gasteiger partial charge in [0.2, 0.25) is 0 Å². The quantitative estimate of drug-likeness (QED) is 0.715. The summed E-state index contributed by atoms with van der Waals surface area (Å²) in [7, 11) is -2.67. The van der Waals surface area contributed by atoms with E-state index in [1.54, 1.807) is 36.4 Å². The first-order chi connectivity index (χ1) is 14.8. The molecule has 2 aromatic carbocycles. The third kappa shape index (κ3) is 5.35. The molecule has 1 fully saturated rings. The fourth-order valence-electron chi connectivity index (χ4n) is 3.66. The molecule has 8 nitrogen and oxygen atoms in total. The highest BCUT2D eigenvalue weighted by molar-refractivity contribution is 7.89. The standard InChI is InChI=1S/C22H27N3O5S/c1-16-12-14-18(15-13-16)31(28,29)25(17-8-4-3-5-9-17)22(27)24-21(26)23-19-10-6-7-11-20(19)30-2/h6-7,10-15,17H,3-5,8-9H2,1-2H3,(H2,23,24,26,27). The zero-order valence-corrected chi connectivity index (χ0v) is 18.4. The lowest BCUT2D eigenvalue weighted by molar-refractivity contribution is 0.199. The summed E-state index contributed by atoms with van der Waals surface area (Å²) in [6.07, 6.45) is 3.76. The van der Waals surface area contributed by atoms with Gasteiger partial charge in [0.05, 0.1) is 23.7 Å². The molecule has 9 heteroatoms. The number of amides is 4. The maximum absolute atomic E-state index is 13.3. The number of ether oxygens (including phenoxy) is 1. The van der Waals surface area contributed by atoms with E-state index in [9.17, 15) is 18.0 Å². The molecule has 0 radical (unpaired) electrons. The number of urea groups is 2. The predicted octanol–water partition coefficient (Wildman–Crippen LogP) is 4.27. The van der Waals surface area contributed by atoms with Crippen LogP contribution in [0.2, 0.25) is 0 Å². The first kappa shape index (κ1) is 22.6. The third-order valence-electron chi connectivity index (χ3n) is 5.26. The average Bonchev–Trinajstić information content (AvgIpc) is 2.75. The number of anilines is 1. The zero-order valence-electron chi connectivity index (χ0n) is 17.6. The van der Waals surface area contributed by atoms with E-state index in [4.69, 9.17) is 4.74 Å². The van der Waals surface area contributed by atoms with Gasteiger partial charge in [-0.15, -0.1) is 0 Å². The second kappa shape index (κ2) is 9.82. The molecular formula is C22H27N3O5S. The molecule has 0 unspecified atom stereocenters. The molecule has 166 valence electrons. The lowest BCUT2D eigenvalue weighted by atomic mass is 9.96. The van der Waals surface area contributed by atoms with Gasteiger partial charge < -0.3 is 10.1 Å². The lowest BCUT2D eigenvalue weighted by Crippen LogP contribution is -2.52. The Morgan fingerprint density at radius 1 is 1.00 bits per heavy atom. The van der Waals surface area contributed by atoms with Gasteiger partial charge in [0.15, 0.2) is 0 Å². The van der Waals surface area contributed by atoms with E-state index >= 15 is 0 Å². The van der Waals surface area contributed by atoms with Crippen molar-refractivity contribution in [3.63, 3.8) is 0 Å². The average molecular weight is 446 g/mol. The van der Waals surface area contributed by atoms with Crippen molar-refractivity contribution in [3.8, 4) is 5.75 Å². The van der Waals surface area contributed by atoms with E-state index in [1.165, 1.54) is 19.2 Å². The molecule has 31 heavy (non-hydrogen) atoms. The minimum absolute atomic E-state index is 0.0176. The Hall–Kier alpha value is -3.07. The van der Waals surface area contributed by atoms with Crippen LogP contribution in [-0.2, 0) is 10.0 Å². The third-order valence-corrected chi connectivity index (χ3v) is 7.11. The van der Waals surface area contributed by atoms with Gasteiger partial charge in [-0.1, -0.05) is 49.1 Å². The van der Waals surface area contributed by atoms with Crippen LogP contribution in [0, 0.1) is 6.92 Å². The number of para-hydroxylation sites is 2. The van der Waals surface area contributed by atoms with E-state index in [1.807, 2.05) is 6.92 Å². The Kier molecular flexibility index (Phi) is 7.17. The minimum Gasteiger partial charge on any atom is -0.495 e. The molecule has 0 heterocycles. The molecule has 0 bridgehead atoms. The van der Waals surface area contributed by atoms with E-state index in [0.29, 0.717) is 24.3 Å². The van der Waals surface area contributed by atoms with Crippen molar-refractivity contribution in [2.45, 2.75) is 50.0 Å². The van der Waals surface area contributed by atoms with Crippen LogP contribution in [0.5, 0.6) is 5.75 Å². The summed E-state index contributed by atoms with van der Waals surface area (Å²) in [5, 5.41) is 4.70. The van der Waals surface area contributed by atoms with Gasteiger partial charge in [-0.2, -0.15) is 0 Å². The predicted molar refractivity (Wildman–Crippen MR) is 118 cm³/mol. The first-order valence-corrected chi connectivity index (χ1v) is 11.6. The second-order valence-electron chi connectivity index (χ2n) is 7.49. The Bertz CT molecular complexity index is 1030. The van der Waals surface area contributed by atoms with Gasteiger partial charge >= 0.3 is 12.1 Å². The van der Waals surface area contributed by atoms with Gasteiger partial charge in [-0.25, -0.2) is 22.3 Å². The number of nitrogens with zero attached hydrogens (tertiary/aromatic N) is 1. The molecule has 3 rings (SSSR count). The van der Waals surface area contributed by atoms with Crippen LogP contribution in [0.4, 0.5) is 15.3 Å². The molecule has 4 amide bonds. The van der Waals surface area contributed by atoms with Gasteiger partial charge in [0.25, 0.3) is 10.0 Å². The summed E-state index contributed by atoms with van der Waals surface area (Å²) in [5.41, 5.74) is 1.27. The fraction of sp³-hybridized carbons (Fsp3) is 0.364. The van der Waals surface area contributed by atoms with Crippen LogP contribution in [0.1, 0.15) is 37.7 Å². The number of sulfonamides is 1. The van der Waals surface area contributed by atoms with Crippen molar-refractivity contribution < 1.29 is 22.7 Å². The number of aryl methyl sites for hydroxylation is 1. The number of imide groups is 1. The number of hydrogen-bond donors (Lipinski definition) is 2. The van der Waals surface area contributed by atoms with Crippen LogP contribution in [0.15, 0.2) is 53.4 Å². The van der Waals surface area contributed by atoms with Crippen LogP contribution < -0.4 is 15.4 Å². The highest BCUT2D eigenvalue weighted by Gasteiger charge is 2.37. The van der Waals surface area contributed by atoms with Gasteiger partial charge in [-0.3, -0.25) is 5.32 Å². The van der Waals surface area contributed by atoms with E-state index in [0.717, 1.165) is 29.1 Å². The maximum atomic E-state index is 13.3. The van der Waals surface area contributed by atoms with E-state index < -0.39 is 28.1 Å². The topological polar surface area (TPSA) is 105 Å². The van der Waals surface area contributed by atoms with Crippen LogP contribution in [0.3, 0.4) is 0 Å². The molecule has 0 aromatic heterocycles. The number of methoxy groups -OCH3 is 1. The summed E-state index contributed by atoms with van der Waals surface area (Å²) in [5.74, 6) is 0.418. The Balaban J connectivity index is 1.84. The van der Waals surface area contributed by atoms with Crippen molar-refractivity contribution in [1.82, 2.24) is 9.62 Å². The van der Waals surface area contributed by atoms with Crippen molar-refractivity contribution in [2.75, 3.05) is 12.4 Å². The van der Waals surface area contributed by atoms with Crippen LogP contribution in [-0.4, -0.2) is 37.9 Å². The first-order valence-electron chi connectivity index (χ1n) is 10.2. The molecule has 0 aliphatic heterocycles. The van der Waals surface area contributed by atoms with Crippen molar-refractivity contribution in [1.29, 1.82) is 0 Å². The fourth-order valence-corrected chi connectivity index (χ4v) is 5.24. The molecule has 2 aromatic rings. The van der Waals surface area contributed by atoms with Gasteiger partial charge in [0.1, 0.15) is 5.75 Å². The Labute approximate surface area is 182 Å². The van der Waals surface area contributed by atoms with E-state index in [2.05, 4.69) is 10.6 Å². The number of carbonyl (C=O) groups excluding carboxylic acids is 2. The number of carbonyl (C=O) groups is 2. The maximum Gasteiger partial charge on any atom is 0.339 e. The summed E-state index contributed by atoms with van der Waals surface area (Å²) < 4.78 is 32.7. The Morgan fingerprint density at radius 2 is 1.65 bits per heavy atom. The van der Waals surface area contributed by atoms with Gasteiger partial charge in [-0.05, 0) is 44.0 Å². The monoisotopic (exact) mass is 445 g/mol. The summed E-state index contributed by atoms with van der Waals surface area (Å²) >= 11 is 0. The highest BCUT2D eigenvalue weighted by atomic mass is 32.2. The highest BCUT2D eigenvalue weighted by Crippen LogP contribution is 2.28. The number of nitrogens with one attached hydrogen (secondary N) is 2. The molecule has 1 aliphatic carbocycles. The largest absolute Gasteiger partial charge is 0.495 e. The number of benzene rings is 2. The molecule has 1 saturated carbocycles. The van der Waals surface area contributed by atoms with Crippen molar-refractivity contribution in [3.05, 3.63) is 54.1 Å². The molecule has 0 spiro atoms. The van der Waals surface area contributed by atoms with E-state index in [-0.39, 0.29) is 4.90 Å². The molecule has 0 saturated heterocycles. The van der Waals surface area contributed by atoms with Crippen LogP contribution >= 0.6 is 0 Å². The SMILES string of the molecule is COc1ccccc1NC(=O)NC(=O)N(C1CCCCC1)S(=O)(=O)c1ccc(C)cc1. The zero-order chi connectivity index (χ0) is 22.4. The van der Waals surface area contributed by atoms with Crippen molar-refractivity contribution in [2.24, 2.45) is 0 Å². The molecule has 2 N–H and O–H groups in total. The second-order valence-corrected chi connectivity index (χ2v) is 9.31. The molecular weight excluding hydrogens is 418 g/mol. The summed E-state index contributed by atoms with van der Waals surface area (Å²) in [6.45, 7) is 1.85. The number of hydrogen-bond acceptors (Lipinski definition) is 5. The summed E-state index contributed by atoms with van der Waals surface area (Å²) in [6, 6.07) is 10.7. The lowest BCUT2D eigenvalue weighted by Gasteiger charge is -2.33. The van der Waals surface area contributed by atoms with Gasteiger partial charge in [0, 0.05) is 0 Å². The van der Waals surface area contributed by atoms with Crippen molar-refractivity contribution >= 4 is 27.8 Å². The minimum atomic E-state index is -4.13. The molecule has 0 atom stereocenters. The Morgan fingerprint density at radius 3 is 2.29 bits per heavy atom. The smallest absolute Gasteiger partial charge is 0.339 e. The summed E-state index contributed by atoms with van der Waals surface area (Å²) in [4.78, 5) is 25.5. The number of rotatable bonds is 5. The normalized spacial score (nSPS) is 14.5. The molecule has 1 aliphatic rings.